The van der Waals surface area contributed by atoms with Gasteiger partial charge in [-0.15, -0.1) is 0 Å². The minimum Gasteiger partial charge on any atom is -0.477 e. The molecular weight excluding hydrogens is 485 g/mol. The molecule has 9 nitrogen and oxygen atoms in total. The summed E-state index contributed by atoms with van der Waals surface area (Å²) < 4.78 is 49.1. The van der Waals surface area contributed by atoms with E-state index in [2.05, 4.69) is 0 Å². The zero-order valence-electron chi connectivity index (χ0n) is 18.0. The molecule has 2 aromatic carbocycles. The van der Waals surface area contributed by atoms with E-state index in [1.165, 1.54) is 4.90 Å². The van der Waals surface area contributed by atoms with Crippen LogP contribution < -0.4 is 4.74 Å². The van der Waals surface area contributed by atoms with Gasteiger partial charge in [0.05, 0.1) is 22.1 Å². The first kappa shape index (κ1) is 26.7. The third-order valence-corrected chi connectivity index (χ3v) is 4.98. The Labute approximate surface area is 196 Å². The first-order valence-corrected chi connectivity index (χ1v) is 10.3. The molecule has 0 aliphatic carbocycles. The summed E-state index contributed by atoms with van der Waals surface area (Å²) in [6.07, 6.45) is -5.50. The number of carbonyl (C=O) groups is 2. The van der Waals surface area contributed by atoms with Gasteiger partial charge in [0, 0.05) is 31.1 Å². The van der Waals surface area contributed by atoms with Gasteiger partial charge >= 0.3 is 18.2 Å². The first-order valence-electron chi connectivity index (χ1n) is 9.89. The van der Waals surface area contributed by atoms with Crippen LogP contribution in [0, 0.1) is 10.1 Å². The Kier molecular flexibility index (Phi) is 8.68. The van der Waals surface area contributed by atoms with E-state index in [4.69, 9.17) is 21.1 Å². The number of carbonyl (C=O) groups excluding carboxylic acids is 1. The second-order valence-electron chi connectivity index (χ2n) is 6.82. The van der Waals surface area contributed by atoms with E-state index in [1.54, 1.807) is 13.8 Å². The Morgan fingerprint density at radius 1 is 1.18 bits per heavy atom. The largest absolute Gasteiger partial charge is 0.477 e. The van der Waals surface area contributed by atoms with Gasteiger partial charge in [0.25, 0.3) is 5.69 Å². The van der Waals surface area contributed by atoms with Crippen LogP contribution in [0.1, 0.15) is 35.3 Å². The fourth-order valence-electron chi connectivity index (χ4n) is 3.00. The highest BCUT2D eigenvalue weighted by Gasteiger charge is 2.31. The molecule has 184 valence electrons. The van der Waals surface area contributed by atoms with Crippen LogP contribution in [-0.2, 0) is 17.3 Å². The molecule has 0 saturated carbocycles. The number of rotatable bonds is 9. The van der Waals surface area contributed by atoms with Crippen LogP contribution in [0.2, 0.25) is 5.02 Å². The highest BCUT2D eigenvalue weighted by Crippen LogP contribution is 2.38. The standard InChI is InChI=1S/C21H20ClF3N2O7/c1-3-26(4-2)20(30)33-8-7-12-9-14(11-15(19(28)29)18(12)27(31)32)34-17-6-5-13(10-16(17)22)21(23,24)25/h5-6,9-11H,3-4,7-8H2,1-2H3,(H,28,29). The molecule has 0 saturated heterocycles. The number of nitrogens with zero attached hydrogens (tertiary/aromatic N) is 2. The minimum atomic E-state index is -4.64. The van der Waals surface area contributed by atoms with Crippen LogP contribution >= 0.6 is 11.6 Å². The van der Waals surface area contributed by atoms with E-state index >= 15 is 0 Å². The number of benzene rings is 2. The van der Waals surface area contributed by atoms with Crippen molar-refractivity contribution in [2.24, 2.45) is 0 Å². The molecule has 0 atom stereocenters. The lowest BCUT2D eigenvalue weighted by atomic mass is 10.0. The van der Waals surface area contributed by atoms with Crippen molar-refractivity contribution in [2.45, 2.75) is 26.4 Å². The smallest absolute Gasteiger partial charge is 0.416 e. The molecule has 34 heavy (non-hydrogen) atoms. The van der Waals surface area contributed by atoms with Crippen molar-refractivity contribution < 1.29 is 42.3 Å². The SMILES string of the molecule is CCN(CC)C(=O)OCCc1cc(Oc2ccc(C(F)(F)F)cc2Cl)cc(C(=O)O)c1[N+](=O)[O-]. The number of ether oxygens (including phenoxy) is 2. The molecule has 13 heteroatoms. The Morgan fingerprint density at radius 3 is 2.32 bits per heavy atom. The normalized spacial score (nSPS) is 11.1. The Morgan fingerprint density at radius 2 is 1.82 bits per heavy atom. The van der Waals surface area contributed by atoms with Gasteiger partial charge in [-0.1, -0.05) is 11.6 Å². The summed E-state index contributed by atoms with van der Waals surface area (Å²) in [6.45, 7) is 3.95. The lowest BCUT2D eigenvalue weighted by Gasteiger charge is -2.18. The fourth-order valence-corrected chi connectivity index (χ4v) is 3.22. The number of carboxylic acid groups (broad SMARTS) is 1. The van der Waals surface area contributed by atoms with Crippen molar-refractivity contribution in [1.82, 2.24) is 4.90 Å². The number of alkyl halides is 3. The molecule has 2 rings (SSSR count). The summed E-state index contributed by atoms with van der Waals surface area (Å²) in [6, 6.07) is 4.30. The van der Waals surface area contributed by atoms with E-state index in [-0.39, 0.29) is 30.1 Å². The van der Waals surface area contributed by atoms with Crippen LogP contribution in [0.5, 0.6) is 11.5 Å². The maximum absolute atomic E-state index is 12.8. The molecule has 0 aliphatic rings. The van der Waals surface area contributed by atoms with E-state index in [1.807, 2.05) is 0 Å². The second-order valence-corrected chi connectivity index (χ2v) is 7.23. The van der Waals surface area contributed by atoms with Crippen molar-refractivity contribution in [2.75, 3.05) is 19.7 Å². The number of aromatic carboxylic acids is 1. The highest BCUT2D eigenvalue weighted by atomic mass is 35.5. The van der Waals surface area contributed by atoms with Gasteiger partial charge < -0.3 is 19.5 Å². The monoisotopic (exact) mass is 504 g/mol. The van der Waals surface area contributed by atoms with E-state index in [9.17, 15) is 38.0 Å². The van der Waals surface area contributed by atoms with Gasteiger partial charge in [0.1, 0.15) is 17.1 Å². The number of amides is 1. The molecule has 0 aromatic heterocycles. The van der Waals surface area contributed by atoms with Crippen molar-refractivity contribution in [3.63, 3.8) is 0 Å². The number of halogens is 4. The number of carboxylic acids is 1. The van der Waals surface area contributed by atoms with Gasteiger partial charge in [0.2, 0.25) is 0 Å². The maximum Gasteiger partial charge on any atom is 0.416 e. The van der Waals surface area contributed by atoms with Crippen LogP contribution in [0.15, 0.2) is 30.3 Å². The quantitative estimate of drug-likeness (QED) is 0.339. The van der Waals surface area contributed by atoms with Gasteiger partial charge in [-0.25, -0.2) is 9.59 Å². The lowest BCUT2D eigenvalue weighted by molar-refractivity contribution is -0.385. The number of nitro benzene ring substituents is 1. The Balaban J connectivity index is 2.39. The van der Waals surface area contributed by atoms with Gasteiger partial charge in [-0.05, 0) is 38.1 Å². The van der Waals surface area contributed by atoms with Gasteiger partial charge in [0.15, 0.2) is 0 Å². The van der Waals surface area contributed by atoms with Crippen LogP contribution in [0.4, 0.5) is 23.7 Å². The average Bonchev–Trinajstić information content (AvgIpc) is 2.74. The Bertz CT molecular complexity index is 1090. The molecule has 0 heterocycles. The molecule has 0 aliphatic heterocycles. The fraction of sp³-hybridized carbons (Fsp3) is 0.333. The summed E-state index contributed by atoms with van der Waals surface area (Å²) in [5.74, 6) is -2.06. The first-order chi connectivity index (χ1) is 15.9. The molecule has 0 spiro atoms. The molecule has 0 unspecified atom stereocenters. The zero-order chi connectivity index (χ0) is 25.6. The maximum atomic E-state index is 12.8. The molecule has 0 fully saturated rings. The molecular formula is C21H20ClF3N2O7. The topological polar surface area (TPSA) is 119 Å². The predicted octanol–water partition coefficient (Wildman–Crippen LogP) is 5.78. The average molecular weight is 505 g/mol. The van der Waals surface area contributed by atoms with Crippen LogP contribution in [-0.4, -0.2) is 46.7 Å². The summed E-state index contributed by atoms with van der Waals surface area (Å²) in [4.78, 5) is 35.7. The summed E-state index contributed by atoms with van der Waals surface area (Å²) in [5.41, 5.74) is -2.57. The lowest BCUT2D eigenvalue weighted by Crippen LogP contribution is -2.31. The third-order valence-electron chi connectivity index (χ3n) is 4.68. The van der Waals surface area contributed by atoms with Crippen molar-refractivity contribution in [3.05, 3.63) is 62.2 Å². The summed E-state index contributed by atoms with van der Waals surface area (Å²) in [7, 11) is 0. The van der Waals surface area contributed by atoms with Crippen LogP contribution in [0.25, 0.3) is 0 Å². The minimum absolute atomic E-state index is 0.115. The van der Waals surface area contributed by atoms with Gasteiger partial charge in [-0.3, -0.25) is 10.1 Å². The number of nitro groups is 1. The van der Waals surface area contributed by atoms with Crippen molar-refractivity contribution in [1.29, 1.82) is 0 Å². The van der Waals surface area contributed by atoms with Crippen molar-refractivity contribution >= 4 is 29.4 Å². The number of hydrogen-bond acceptors (Lipinski definition) is 6. The second kappa shape index (κ2) is 11.1. The van der Waals surface area contributed by atoms with Crippen LogP contribution in [0.3, 0.4) is 0 Å². The third kappa shape index (κ3) is 6.50. The highest BCUT2D eigenvalue weighted by molar-refractivity contribution is 6.32. The molecule has 0 radical (unpaired) electrons. The molecule has 0 bridgehead atoms. The van der Waals surface area contributed by atoms with E-state index in [0.29, 0.717) is 19.2 Å². The molecule has 1 N–H and O–H groups in total. The van der Waals surface area contributed by atoms with Gasteiger partial charge in [-0.2, -0.15) is 13.2 Å². The summed E-state index contributed by atoms with van der Waals surface area (Å²) >= 11 is 5.87. The summed E-state index contributed by atoms with van der Waals surface area (Å²) in [5, 5.41) is 20.6. The zero-order valence-corrected chi connectivity index (χ0v) is 18.8. The van der Waals surface area contributed by atoms with Crippen molar-refractivity contribution in [3.8, 4) is 11.5 Å². The van der Waals surface area contributed by atoms with E-state index < -0.39 is 45.0 Å². The predicted molar refractivity (Wildman–Crippen MR) is 115 cm³/mol. The Hall–Kier alpha value is -3.54. The molecule has 1 amide bonds. The van der Waals surface area contributed by atoms with E-state index in [0.717, 1.165) is 24.3 Å². The number of hydrogen-bond donors (Lipinski definition) is 1. The molecule has 2 aromatic rings.